The summed E-state index contributed by atoms with van der Waals surface area (Å²) in [5.41, 5.74) is 0. The van der Waals surface area contributed by atoms with Crippen LogP contribution < -0.4 is 0 Å². The summed E-state index contributed by atoms with van der Waals surface area (Å²) >= 11 is 2.58. The summed E-state index contributed by atoms with van der Waals surface area (Å²) < 4.78 is 0.433. The number of unbranched alkanes of at least 4 members (excludes halogenated alkanes) is 1. The maximum absolute atomic E-state index is 2.58. The van der Waals surface area contributed by atoms with Gasteiger partial charge in [0.2, 0.25) is 0 Å². The molecule has 1 aliphatic carbocycles. The molecule has 0 heterocycles. The molecule has 0 radical (unpaired) electrons. The van der Waals surface area contributed by atoms with E-state index in [1.165, 1.54) is 25.7 Å². The van der Waals surface area contributed by atoms with Crippen LogP contribution in [0.15, 0.2) is 24.3 Å². The van der Waals surface area contributed by atoms with Gasteiger partial charge in [-0.15, -0.1) is 0 Å². The Labute approximate surface area is 82.9 Å². The molecule has 0 aromatic heterocycles. The molecule has 0 saturated heterocycles. The molecular formula is C10H15I. The van der Waals surface area contributed by atoms with Crippen LogP contribution in [0.5, 0.6) is 0 Å². The lowest BCUT2D eigenvalue weighted by atomic mass is 9.95. The summed E-state index contributed by atoms with van der Waals surface area (Å²) in [5.74, 6) is 0. The van der Waals surface area contributed by atoms with E-state index in [1.807, 2.05) is 0 Å². The molecule has 0 nitrogen and oxygen atoms in total. The topological polar surface area (TPSA) is 0 Å². The third-order valence-corrected chi connectivity index (χ3v) is 3.38. The fourth-order valence-electron chi connectivity index (χ4n) is 1.29. The summed E-state index contributed by atoms with van der Waals surface area (Å²) in [7, 11) is 0. The Balaban J connectivity index is 2.40. The first kappa shape index (κ1) is 9.30. The second kappa shape index (κ2) is 4.29. The third-order valence-electron chi connectivity index (χ3n) is 2.05. The zero-order valence-corrected chi connectivity index (χ0v) is 9.17. The van der Waals surface area contributed by atoms with Crippen molar-refractivity contribution in [2.75, 3.05) is 0 Å². The first-order chi connectivity index (χ1) is 5.27. The minimum absolute atomic E-state index is 0.433. The molecule has 1 atom stereocenters. The minimum atomic E-state index is 0.433. The number of rotatable bonds is 3. The summed E-state index contributed by atoms with van der Waals surface area (Å²) in [4.78, 5) is 0. The Kier molecular flexibility index (Phi) is 3.63. The minimum Gasteiger partial charge on any atom is -0.0829 e. The van der Waals surface area contributed by atoms with Crippen molar-refractivity contribution in [2.24, 2.45) is 0 Å². The van der Waals surface area contributed by atoms with E-state index in [0.717, 1.165) is 0 Å². The van der Waals surface area contributed by atoms with E-state index in [9.17, 15) is 0 Å². The van der Waals surface area contributed by atoms with Crippen molar-refractivity contribution in [3.63, 3.8) is 0 Å². The van der Waals surface area contributed by atoms with Gasteiger partial charge < -0.3 is 0 Å². The molecule has 0 bridgehead atoms. The predicted octanol–water partition coefficient (Wildman–Crippen LogP) is 3.87. The van der Waals surface area contributed by atoms with Crippen molar-refractivity contribution < 1.29 is 0 Å². The molecule has 0 amide bonds. The van der Waals surface area contributed by atoms with E-state index in [1.54, 1.807) is 0 Å². The molecule has 0 aromatic carbocycles. The highest BCUT2D eigenvalue weighted by Crippen LogP contribution is 2.33. The Morgan fingerprint density at radius 2 is 2.27 bits per heavy atom. The molecule has 1 unspecified atom stereocenters. The fourth-order valence-corrected chi connectivity index (χ4v) is 2.14. The van der Waals surface area contributed by atoms with Crippen molar-refractivity contribution in [3.8, 4) is 0 Å². The molecule has 1 rings (SSSR count). The molecule has 0 spiro atoms. The second-order valence-electron chi connectivity index (χ2n) is 3.13. The van der Waals surface area contributed by atoms with Crippen LogP contribution in [0.25, 0.3) is 0 Å². The fraction of sp³-hybridized carbons (Fsp3) is 0.600. The highest BCUT2D eigenvalue weighted by molar-refractivity contribution is 14.1. The molecule has 0 saturated carbocycles. The van der Waals surface area contributed by atoms with Gasteiger partial charge in [0.05, 0.1) is 0 Å². The molecule has 11 heavy (non-hydrogen) atoms. The molecule has 62 valence electrons. The van der Waals surface area contributed by atoms with E-state index < -0.39 is 0 Å². The van der Waals surface area contributed by atoms with Gasteiger partial charge in [-0.3, -0.25) is 0 Å². The van der Waals surface area contributed by atoms with Gasteiger partial charge in [0.1, 0.15) is 0 Å². The van der Waals surface area contributed by atoms with Crippen LogP contribution in [0.4, 0.5) is 0 Å². The van der Waals surface area contributed by atoms with Crippen molar-refractivity contribution in [3.05, 3.63) is 24.3 Å². The van der Waals surface area contributed by atoms with Crippen LogP contribution in [0, 0.1) is 0 Å². The smallest absolute Gasteiger partial charge is 0.0438 e. The third kappa shape index (κ3) is 2.97. The Morgan fingerprint density at radius 3 is 2.82 bits per heavy atom. The largest absolute Gasteiger partial charge is 0.0829 e. The standard InChI is InChI=1S/C10H15I/c1-2-3-7-10(11)8-5-4-6-9-10/h4-6,8H,2-3,7,9H2,1H3. The average Bonchev–Trinajstić information content (AvgIpc) is 2.03. The van der Waals surface area contributed by atoms with Gasteiger partial charge >= 0.3 is 0 Å². The SMILES string of the molecule is CCCCC1(I)C=CC=CC1. The number of hydrogen-bond donors (Lipinski definition) is 0. The van der Waals surface area contributed by atoms with Gasteiger partial charge in [-0.2, -0.15) is 0 Å². The zero-order valence-electron chi connectivity index (χ0n) is 7.02. The maximum atomic E-state index is 2.58. The Hall–Kier alpha value is 0.210. The molecule has 0 N–H and O–H groups in total. The lowest BCUT2D eigenvalue weighted by molar-refractivity contribution is 0.621. The van der Waals surface area contributed by atoms with Gasteiger partial charge in [-0.05, 0) is 12.8 Å². The normalized spacial score (nSPS) is 29.3. The maximum Gasteiger partial charge on any atom is 0.0438 e. The van der Waals surface area contributed by atoms with E-state index in [-0.39, 0.29) is 0 Å². The van der Waals surface area contributed by atoms with Gasteiger partial charge in [0.25, 0.3) is 0 Å². The number of halogens is 1. The van der Waals surface area contributed by atoms with Crippen LogP contribution in [-0.4, -0.2) is 3.42 Å². The Bertz CT molecular complexity index is 170. The lowest BCUT2D eigenvalue weighted by Crippen LogP contribution is -2.17. The van der Waals surface area contributed by atoms with Gasteiger partial charge in [0, 0.05) is 3.42 Å². The molecule has 1 aliphatic rings. The van der Waals surface area contributed by atoms with Gasteiger partial charge in [-0.1, -0.05) is 66.7 Å². The number of hydrogen-bond acceptors (Lipinski definition) is 0. The van der Waals surface area contributed by atoms with Crippen LogP contribution >= 0.6 is 22.6 Å². The second-order valence-corrected chi connectivity index (χ2v) is 5.28. The summed E-state index contributed by atoms with van der Waals surface area (Å²) in [6.07, 6.45) is 14.1. The zero-order chi connectivity index (χ0) is 8.16. The van der Waals surface area contributed by atoms with Crippen LogP contribution in [0.1, 0.15) is 32.6 Å². The van der Waals surface area contributed by atoms with E-state index in [4.69, 9.17) is 0 Å². The van der Waals surface area contributed by atoms with Crippen LogP contribution in [0.3, 0.4) is 0 Å². The van der Waals surface area contributed by atoms with E-state index >= 15 is 0 Å². The first-order valence-corrected chi connectivity index (χ1v) is 5.38. The molecular weight excluding hydrogens is 247 g/mol. The highest BCUT2D eigenvalue weighted by atomic mass is 127. The summed E-state index contributed by atoms with van der Waals surface area (Å²) in [6.45, 7) is 2.25. The van der Waals surface area contributed by atoms with E-state index in [0.29, 0.717) is 3.42 Å². The average molecular weight is 262 g/mol. The van der Waals surface area contributed by atoms with Gasteiger partial charge in [-0.25, -0.2) is 0 Å². The van der Waals surface area contributed by atoms with Crippen molar-refractivity contribution in [1.82, 2.24) is 0 Å². The number of allylic oxidation sites excluding steroid dienone is 4. The van der Waals surface area contributed by atoms with Crippen LogP contribution in [0.2, 0.25) is 0 Å². The monoisotopic (exact) mass is 262 g/mol. The van der Waals surface area contributed by atoms with Gasteiger partial charge in [0.15, 0.2) is 0 Å². The van der Waals surface area contributed by atoms with Crippen molar-refractivity contribution in [1.29, 1.82) is 0 Å². The Morgan fingerprint density at radius 1 is 1.45 bits per heavy atom. The van der Waals surface area contributed by atoms with Crippen molar-refractivity contribution >= 4 is 22.6 Å². The first-order valence-electron chi connectivity index (χ1n) is 4.30. The lowest BCUT2D eigenvalue weighted by Gasteiger charge is -2.23. The van der Waals surface area contributed by atoms with Crippen molar-refractivity contribution in [2.45, 2.75) is 36.0 Å². The highest BCUT2D eigenvalue weighted by Gasteiger charge is 2.21. The van der Waals surface area contributed by atoms with Crippen LogP contribution in [-0.2, 0) is 0 Å². The quantitative estimate of drug-likeness (QED) is 0.535. The van der Waals surface area contributed by atoms with E-state index in [2.05, 4.69) is 53.8 Å². The summed E-state index contributed by atoms with van der Waals surface area (Å²) in [6, 6.07) is 0. The molecule has 1 heteroatoms. The molecule has 0 aliphatic heterocycles. The molecule has 0 fully saturated rings. The number of alkyl halides is 1. The predicted molar refractivity (Wildman–Crippen MR) is 59.2 cm³/mol. The summed E-state index contributed by atoms with van der Waals surface area (Å²) in [5, 5.41) is 0. The molecule has 0 aromatic rings.